The zero-order valence-corrected chi connectivity index (χ0v) is 11.8. The Bertz CT molecular complexity index is 518. The highest BCUT2D eigenvalue weighted by molar-refractivity contribution is 7.88. The second-order valence-electron chi connectivity index (χ2n) is 4.17. The van der Waals surface area contributed by atoms with Gasteiger partial charge in [0.25, 0.3) is 0 Å². The number of nitrogens with one attached hydrogen (secondary N) is 2. The number of hydrogen-bond donors (Lipinski definition) is 2. The van der Waals surface area contributed by atoms with E-state index in [1.807, 2.05) is 13.0 Å². The van der Waals surface area contributed by atoms with Gasteiger partial charge in [0, 0.05) is 6.54 Å². The van der Waals surface area contributed by atoms with Crippen LogP contribution >= 0.6 is 0 Å². The summed E-state index contributed by atoms with van der Waals surface area (Å²) in [6.07, 6.45) is 0.764. The van der Waals surface area contributed by atoms with E-state index in [1.54, 1.807) is 24.3 Å². The highest BCUT2D eigenvalue weighted by Gasteiger charge is 2.10. The average Bonchev–Trinajstić information content (AvgIpc) is 2.39. The molecule has 0 aliphatic rings. The van der Waals surface area contributed by atoms with Crippen LogP contribution in [0.25, 0.3) is 0 Å². The molecule has 19 heavy (non-hydrogen) atoms. The van der Waals surface area contributed by atoms with Gasteiger partial charge in [-0.25, -0.2) is 13.1 Å². The molecule has 1 rings (SSSR count). The molecule has 0 atom stereocenters. The predicted molar refractivity (Wildman–Crippen MR) is 74.9 cm³/mol. The van der Waals surface area contributed by atoms with Crippen molar-refractivity contribution >= 4 is 10.0 Å². The number of nitrogens with zero attached hydrogens (tertiary/aromatic N) is 1. The summed E-state index contributed by atoms with van der Waals surface area (Å²) in [5, 5.41) is 11.8. The van der Waals surface area contributed by atoms with Gasteiger partial charge in [-0.15, -0.1) is 0 Å². The molecule has 0 saturated carbocycles. The van der Waals surface area contributed by atoms with Crippen molar-refractivity contribution in [2.45, 2.75) is 19.1 Å². The van der Waals surface area contributed by atoms with E-state index in [-0.39, 0.29) is 5.75 Å². The van der Waals surface area contributed by atoms with Crippen LogP contribution in [0, 0.1) is 11.3 Å². The molecule has 0 heterocycles. The maximum absolute atomic E-state index is 11.8. The van der Waals surface area contributed by atoms with Crippen LogP contribution in [0.4, 0.5) is 0 Å². The average molecular weight is 281 g/mol. The zero-order chi connectivity index (χ0) is 14.1. The van der Waals surface area contributed by atoms with Crippen LogP contribution in [0.3, 0.4) is 0 Å². The minimum atomic E-state index is -3.30. The van der Waals surface area contributed by atoms with Gasteiger partial charge in [0.15, 0.2) is 0 Å². The smallest absolute Gasteiger partial charge is 0.215 e. The van der Waals surface area contributed by atoms with Crippen molar-refractivity contribution in [3.63, 3.8) is 0 Å². The Kier molecular flexibility index (Phi) is 6.50. The highest BCUT2D eigenvalue weighted by atomic mass is 32.2. The van der Waals surface area contributed by atoms with Gasteiger partial charge in [-0.2, -0.15) is 5.26 Å². The molecule has 5 nitrogen and oxygen atoms in total. The lowest BCUT2D eigenvalue weighted by Crippen LogP contribution is -2.28. The summed E-state index contributed by atoms with van der Waals surface area (Å²) in [6.45, 7) is 4.13. The number of nitriles is 1. The van der Waals surface area contributed by atoms with Gasteiger partial charge >= 0.3 is 0 Å². The first kappa shape index (κ1) is 15.6. The Labute approximate surface area is 114 Å². The van der Waals surface area contributed by atoms with Crippen molar-refractivity contribution in [2.75, 3.05) is 19.6 Å². The lowest BCUT2D eigenvalue weighted by Gasteiger charge is -2.07. The molecule has 0 fully saturated rings. The Morgan fingerprint density at radius 1 is 1.21 bits per heavy atom. The number of hydrogen-bond acceptors (Lipinski definition) is 4. The summed E-state index contributed by atoms with van der Waals surface area (Å²) < 4.78 is 26.1. The molecule has 0 amide bonds. The largest absolute Gasteiger partial charge is 0.317 e. The fraction of sp³-hybridized carbons (Fsp3) is 0.462. The van der Waals surface area contributed by atoms with E-state index in [2.05, 4.69) is 10.0 Å². The Hall–Kier alpha value is -1.42. The van der Waals surface area contributed by atoms with Gasteiger partial charge in [0.2, 0.25) is 10.0 Å². The third-order valence-corrected chi connectivity index (χ3v) is 3.90. The van der Waals surface area contributed by atoms with Crippen molar-refractivity contribution in [2.24, 2.45) is 0 Å². The van der Waals surface area contributed by atoms with Gasteiger partial charge in [0.05, 0.1) is 17.4 Å². The van der Waals surface area contributed by atoms with E-state index in [9.17, 15) is 8.42 Å². The van der Waals surface area contributed by atoms with E-state index in [4.69, 9.17) is 5.26 Å². The van der Waals surface area contributed by atoms with Crippen LogP contribution in [0.2, 0.25) is 0 Å². The first-order chi connectivity index (χ1) is 9.07. The SMILES string of the molecule is CCNCCCNS(=O)(=O)Cc1ccc(C#N)cc1. The molecule has 1 aromatic rings. The number of sulfonamides is 1. The minimum absolute atomic E-state index is 0.0556. The molecule has 0 aliphatic heterocycles. The number of benzene rings is 1. The first-order valence-electron chi connectivity index (χ1n) is 6.24. The quantitative estimate of drug-likeness (QED) is 0.696. The Balaban J connectivity index is 2.43. The van der Waals surface area contributed by atoms with Crippen molar-refractivity contribution in [1.82, 2.24) is 10.0 Å². The van der Waals surface area contributed by atoms with E-state index in [0.29, 0.717) is 17.7 Å². The van der Waals surface area contributed by atoms with Gasteiger partial charge in [0.1, 0.15) is 0 Å². The Morgan fingerprint density at radius 3 is 2.47 bits per heavy atom. The second kappa shape index (κ2) is 7.89. The van der Waals surface area contributed by atoms with Crippen molar-refractivity contribution in [3.05, 3.63) is 35.4 Å². The van der Waals surface area contributed by atoms with E-state index in [0.717, 1.165) is 19.5 Å². The fourth-order valence-corrected chi connectivity index (χ4v) is 2.75. The summed E-state index contributed by atoms with van der Waals surface area (Å²) in [4.78, 5) is 0. The van der Waals surface area contributed by atoms with Gasteiger partial charge in [-0.1, -0.05) is 19.1 Å². The molecule has 0 aliphatic carbocycles. The molecule has 1 aromatic carbocycles. The molecule has 0 unspecified atom stereocenters. The summed E-state index contributed by atoms with van der Waals surface area (Å²) in [6, 6.07) is 8.57. The molecular weight excluding hydrogens is 262 g/mol. The molecule has 2 N–H and O–H groups in total. The summed E-state index contributed by atoms with van der Waals surface area (Å²) in [7, 11) is -3.30. The fourth-order valence-electron chi connectivity index (χ4n) is 1.56. The molecule has 0 radical (unpaired) electrons. The molecule has 0 aromatic heterocycles. The van der Waals surface area contributed by atoms with Gasteiger partial charge < -0.3 is 5.32 Å². The van der Waals surface area contributed by atoms with Crippen LogP contribution in [0.15, 0.2) is 24.3 Å². The third kappa shape index (κ3) is 6.34. The Morgan fingerprint density at radius 2 is 1.89 bits per heavy atom. The minimum Gasteiger partial charge on any atom is -0.317 e. The lowest BCUT2D eigenvalue weighted by molar-refractivity contribution is 0.574. The van der Waals surface area contributed by atoms with Crippen LogP contribution in [-0.4, -0.2) is 28.1 Å². The second-order valence-corrected chi connectivity index (χ2v) is 5.98. The predicted octanol–water partition coefficient (Wildman–Crippen LogP) is 0.977. The van der Waals surface area contributed by atoms with Crippen molar-refractivity contribution < 1.29 is 8.42 Å². The standard InChI is InChI=1S/C13H19N3O2S/c1-2-15-8-3-9-16-19(17,18)11-13-6-4-12(10-14)5-7-13/h4-7,15-16H,2-3,8-9,11H2,1H3. The normalized spacial score (nSPS) is 11.2. The van der Waals surface area contributed by atoms with E-state index < -0.39 is 10.0 Å². The van der Waals surface area contributed by atoms with E-state index >= 15 is 0 Å². The van der Waals surface area contributed by atoms with Crippen molar-refractivity contribution in [1.29, 1.82) is 5.26 Å². The number of rotatable bonds is 8. The first-order valence-corrected chi connectivity index (χ1v) is 7.89. The molecule has 104 valence electrons. The zero-order valence-electron chi connectivity index (χ0n) is 11.0. The maximum atomic E-state index is 11.8. The topological polar surface area (TPSA) is 82.0 Å². The molecule has 6 heteroatoms. The van der Waals surface area contributed by atoms with Crippen LogP contribution in [-0.2, 0) is 15.8 Å². The molecular formula is C13H19N3O2S. The summed E-state index contributed by atoms with van der Waals surface area (Å²) >= 11 is 0. The van der Waals surface area contributed by atoms with Crippen LogP contribution in [0.1, 0.15) is 24.5 Å². The molecule has 0 bridgehead atoms. The van der Waals surface area contributed by atoms with Crippen LogP contribution in [0.5, 0.6) is 0 Å². The summed E-state index contributed by atoms with van der Waals surface area (Å²) in [5.74, 6) is -0.0556. The van der Waals surface area contributed by atoms with E-state index in [1.165, 1.54) is 0 Å². The van der Waals surface area contributed by atoms with Gasteiger partial charge in [-0.3, -0.25) is 0 Å². The molecule has 0 spiro atoms. The highest BCUT2D eigenvalue weighted by Crippen LogP contribution is 2.07. The summed E-state index contributed by atoms with van der Waals surface area (Å²) in [5.41, 5.74) is 1.21. The van der Waals surface area contributed by atoms with Gasteiger partial charge in [-0.05, 0) is 37.2 Å². The van der Waals surface area contributed by atoms with Crippen LogP contribution < -0.4 is 10.0 Å². The monoisotopic (exact) mass is 281 g/mol. The third-order valence-electron chi connectivity index (χ3n) is 2.54. The maximum Gasteiger partial charge on any atom is 0.215 e. The van der Waals surface area contributed by atoms with Crippen molar-refractivity contribution in [3.8, 4) is 6.07 Å². The lowest BCUT2D eigenvalue weighted by atomic mass is 10.2. The molecule has 0 saturated heterocycles.